The highest BCUT2D eigenvalue weighted by atomic mass is 16.6. The Labute approximate surface area is 156 Å². The third-order valence-electron chi connectivity index (χ3n) is 5.32. The van der Waals surface area contributed by atoms with Crippen molar-refractivity contribution in [2.24, 2.45) is 11.8 Å². The van der Waals surface area contributed by atoms with Crippen LogP contribution in [0.1, 0.15) is 38.7 Å². The van der Waals surface area contributed by atoms with Gasteiger partial charge in [0.15, 0.2) is 6.61 Å². The lowest BCUT2D eigenvalue weighted by atomic mass is 9.78. The van der Waals surface area contributed by atoms with E-state index < -0.39 is 0 Å². The molecule has 0 saturated heterocycles. The topological polar surface area (TPSA) is 35.5 Å². The van der Waals surface area contributed by atoms with E-state index >= 15 is 0 Å². The Kier molecular flexibility index (Phi) is 5.65. The highest BCUT2D eigenvalue weighted by Gasteiger charge is 2.28. The number of ether oxygens (including phenoxy) is 2. The Morgan fingerprint density at radius 2 is 1.92 bits per heavy atom. The fourth-order valence-electron chi connectivity index (χ4n) is 4.01. The summed E-state index contributed by atoms with van der Waals surface area (Å²) in [7, 11) is 0. The Hall–Kier alpha value is -2.29. The van der Waals surface area contributed by atoms with Crippen molar-refractivity contribution in [1.29, 1.82) is 0 Å². The van der Waals surface area contributed by atoms with Gasteiger partial charge in [-0.1, -0.05) is 49.4 Å². The second-order valence-corrected chi connectivity index (χ2v) is 7.67. The van der Waals surface area contributed by atoms with Crippen molar-refractivity contribution in [2.45, 2.75) is 46.1 Å². The van der Waals surface area contributed by atoms with E-state index in [9.17, 15) is 4.79 Å². The standard InChI is InChI=1S/C23H28O3/c1-15-11-16(2)13-19(12-15)18(4)26-23(24)14-25-22-10-9-17(3)20-7-5-6-8-21(20)22/h5-10,16,18-19H,1,11-14H2,2-4H3. The summed E-state index contributed by atoms with van der Waals surface area (Å²) in [5.41, 5.74) is 2.45. The van der Waals surface area contributed by atoms with Gasteiger partial charge in [-0.2, -0.15) is 0 Å². The van der Waals surface area contributed by atoms with Gasteiger partial charge in [0.1, 0.15) is 11.9 Å². The van der Waals surface area contributed by atoms with Crippen molar-refractivity contribution >= 4 is 16.7 Å². The first kappa shape index (κ1) is 18.5. The lowest BCUT2D eigenvalue weighted by molar-refractivity contribution is -0.153. The highest BCUT2D eigenvalue weighted by molar-refractivity contribution is 5.91. The van der Waals surface area contributed by atoms with Crippen molar-refractivity contribution < 1.29 is 14.3 Å². The van der Waals surface area contributed by atoms with Gasteiger partial charge >= 0.3 is 5.97 Å². The summed E-state index contributed by atoms with van der Waals surface area (Å²) in [6, 6.07) is 12.0. The molecule has 0 aromatic heterocycles. The molecule has 1 aliphatic carbocycles. The van der Waals surface area contributed by atoms with E-state index in [1.807, 2.05) is 37.3 Å². The van der Waals surface area contributed by atoms with Gasteiger partial charge in [-0.05, 0) is 62.0 Å². The van der Waals surface area contributed by atoms with Crippen LogP contribution in [0.4, 0.5) is 0 Å². The number of hydrogen-bond donors (Lipinski definition) is 0. The summed E-state index contributed by atoms with van der Waals surface area (Å²) in [4.78, 5) is 12.3. The Morgan fingerprint density at radius 3 is 2.65 bits per heavy atom. The van der Waals surface area contributed by atoms with E-state index in [2.05, 4.69) is 26.5 Å². The minimum atomic E-state index is -0.314. The zero-order chi connectivity index (χ0) is 18.7. The maximum Gasteiger partial charge on any atom is 0.344 e. The summed E-state index contributed by atoms with van der Waals surface area (Å²) in [6.07, 6.45) is 3.00. The molecular formula is C23H28O3. The highest BCUT2D eigenvalue weighted by Crippen LogP contribution is 2.34. The van der Waals surface area contributed by atoms with Crippen molar-refractivity contribution in [1.82, 2.24) is 0 Å². The van der Waals surface area contributed by atoms with Crippen molar-refractivity contribution in [3.8, 4) is 5.75 Å². The predicted molar refractivity (Wildman–Crippen MR) is 105 cm³/mol. The SMILES string of the molecule is C=C1CC(C)CC(C(C)OC(=O)COc2ccc(C)c3ccccc23)C1. The molecule has 0 bridgehead atoms. The maximum absolute atomic E-state index is 12.3. The molecule has 3 atom stereocenters. The van der Waals surface area contributed by atoms with E-state index in [1.165, 1.54) is 11.1 Å². The van der Waals surface area contributed by atoms with Crippen LogP contribution < -0.4 is 4.74 Å². The fraction of sp³-hybridized carbons (Fsp3) is 0.435. The number of aryl methyl sites for hydroxylation is 1. The molecule has 0 N–H and O–H groups in total. The van der Waals surface area contributed by atoms with Gasteiger partial charge in [-0.15, -0.1) is 0 Å². The molecule has 3 rings (SSSR count). The van der Waals surface area contributed by atoms with E-state index in [-0.39, 0.29) is 18.7 Å². The number of esters is 1. The van der Waals surface area contributed by atoms with Crippen LogP contribution >= 0.6 is 0 Å². The summed E-state index contributed by atoms with van der Waals surface area (Å²) in [5.74, 6) is 1.37. The average molecular weight is 352 g/mol. The Balaban J connectivity index is 1.59. The van der Waals surface area contributed by atoms with E-state index in [4.69, 9.17) is 9.47 Å². The van der Waals surface area contributed by atoms with Crippen LogP contribution in [0.2, 0.25) is 0 Å². The molecule has 0 radical (unpaired) electrons. The van der Waals surface area contributed by atoms with Crippen molar-refractivity contribution in [3.05, 3.63) is 54.1 Å². The Morgan fingerprint density at radius 1 is 1.19 bits per heavy atom. The normalized spacial score (nSPS) is 21.4. The van der Waals surface area contributed by atoms with Crippen LogP contribution in [0.5, 0.6) is 5.75 Å². The van der Waals surface area contributed by atoms with E-state index in [0.29, 0.717) is 11.8 Å². The zero-order valence-electron chi connectivity index (χ0n) is 16.0. The molecule has 3 unspecified atom stereocenters. The van der Waals surface area contributed by atoms with Gasteiger partial charge in [0.2, 0.25) is 0 Å². The molecule has 26 heavy (non-hydrogen) atoms. The Bertz CT molecular complexity index is 808. The van der Waals surface area contributed by atoms with Crippen molar-refractivity contribution in [3.63, 3.8) is 0 Å². The van der Waals surface area contributed by atoms with Crippen LogP contribution in [0.25, 0.3) is 10.8 Å². The molecule has 3 heteroatoms. The summed E-state index contributed by atoms with van der Waals surface area (Å²) in [6.45, 7) is 10.3. The molecule has 1 fully saturated rings. The molecule has 1 aliphatic rings. The average Bonchev–Trinajstić information content (AvgIpc) is 2.60. The van der Waals surface area contributed by atoms with Gasteiger partial charge in [0.25, 0.3) is 0 Å². The molecule has 3 nitrogen and oxygen atoms in total. The number of rotatable bonds is 5. The molecule has 0 aliphatic heterocycles. The fourth-order valence-corrected chi connectivity index (χ4v) is 4.01. The second kappa shape index (κ2) is 7.94. The lowest BCUT2D eigenvalue weighted by Gasteiger charge is -2.32. The predicted octanol–water partition coefficient (Wildman–Crippen LogP) is 5.45. The van der Waals surface area contributed by atoms with Crippen LogP contribution in [0.3, 0.4) is 0 Å². The number of carbonyl (C=O) groups is 1. The molecule has 0 heterocycles. The summed E-state index contributed by atoms with van der Waals surface area (Å²) >= 11 is 0. The molecule has 138 valence electrons. The summed E-state index contributed by atoms with van der Waals surface area (Å²) < 4.78 is 11.4. The molecular weight excluding hydrogens is 324 g/mol. The zero-order valence-corrected chi connectivity index (χ0v) is 16.0. The number of benzene rings is 2. The first-order valence-electron chi connectivity index (χ1n) is 9.41. The van der Waals surface area contributed by atoms with Crippen LogP contribution in [0, 0.1) is 18.8 Å². The number of hydrogen-bond acceptors (Lipinski definition) is 3. The smallest absolute Gasteiger partial charge is 0.344 e. The number of carbonyl (C=O) groups excluding carboxylic acids is 1. The first-order chi connectivity index (χ1) is 12.4. The minimum absolute atomic E-state index is 0.0688. The maximum atomic E-state index is 12.3. The summed E-state index contributed by atoms with van der Waals surface area (Å²) in [5, 5.41) is 2.16. The van der Waals surface area contributed by atoms with Crippen LogP contribution in [-0.2, 0) is 9.53 Å². The first-order valence-corrected chi connectivity index (χ1v) is 9.41. The number of fused-ring (bicyclic) bond motifs is 1. The molecule has 0 spiro atoms. The van der Waals surface area contributed by atoms with Gasteiger partial charge in [0, 0.05) is 5.39 Å². The van der Waals surface area contributed by atoms with Crippen LogP contribution in [0.15, 0.2) is 48.6 Å². The molecule has 1 saturated carbocycles. The largest absolute Gasteiger partial charge is 0.481 e. The van der Waals surface area contributed by atoms with Crippen molar-refractivity contribution in [2.75, 3.05) is 6.61 Å². The quantitative estimate of drug-likeness (QED) is 0.530. The third-order valence-corrected chi connectivity index (χ3v) is 5.32. The molecule has 0 amide bonds. The minimum Gasteiger partial charge on any atom is -0.481 e. The number of allylic oxidation sites excluding steroid dienone is 1. The van der Waals surface area contributed by atoms with E-state index in [0.717, 1.165) is 35.8 Å². The van der Waals surface area contributed by atoms with E-state index in [1.54, 1.807) is 0 Å². The van der Waals surface area contributed by atoms with Gasteiger partial charge in [-0.3, -0.25) is 0 Å². The van der Waals surface area contributed by atoms with Crippen LogP contribution in [-0.4, -0.2) is 18.7 Å². The molecule has 2 aromatic rings. The third kappa shape index (κ3) is 4.27. The molecule has 2 aromatic carbocycles. The van der Waals surface area contributed by atoms with Gasteiger partial charge in [-0.25, -0.2) is 4.79 Å². The van der Waals surface area contributed by atoms with Gasteiger partial charge < -0.3 is 9.47 Å². The van der Waals surface area contributed by atoms with Gasteiger partial charge in [0.05, 0.1) is 0 Å². The second-order valence-electron chi connectivity index (χ2n) is 7.67. The lowest BCUT2D eigenvalue weighted by Crippen LogP contribution is -2.30. The monoisotopic (exact) mass is 352 g/mol.